The van der Waals surface area contributed by atoms with Crippen LogP contribution >= 0.6 is 0 Å². The summed E-state index contributed by atoms with van der Waals surface area (Å²) in [5.41, 5.74) is 1.08. The standard InChI is InChI=1S/C9H13NO2/c1-5-8(9(11)12-4)6-10-7(2)3/h5-6H,2H2,1,3-4H3/b8-5+,10-6?. The van der Waals surface area contributed by atoms with Gasteiger partial charge in [-0.1, -0.05) is 12.7 Å². The summed E-state index contributed by atoms with van der Waals surface area (Å²) >= 11 is 0. The molecule has 0 spiro atoms. The highest BCUT2D eigenvalue weighted by molar-refractivity contribution is 6.09. The zero-order chi connectivity index (χ0) is 9.56. The molecule has 0 radical (unpaired) electrons. The van der Waals surface area contributed by atoms with Crippen LogP contribution in [0.15, 0.2) is 28.9 Å². The van der Waals surface area contributed by atoms with Crippen molar-refractivity contribution in [2.24, 2.45) is 4.99 Å². The normalized spacial score (nSPS) is 11.8. The maximum absolute atomic E-state index is 10.9. The van der Waals surface area contributed by atoms with Gasteiger partial charge in [0.25, 0.3) is 0 Å². The predicted octanol–water partition coefficient (Wildman–Crippen LogP) is 1.71. The first-order valence-electron chi connectivity index (χ1n) is 3.56. The molecule has 66 valence electrons. The zero-order valence-corrected chi connectivity index (χ0v) is 7.63. The monoisotopic (exact) mass is 167 g/mol. The lowest BCUT2D eigenvalue weighted by molar-refractivity contribution is -0.135. The van der Waals surface area contributed by atoms with Crippen molar-refractivity contribution < 1.29 is 9.53 Å². The van der Waals surface area contributed by atoms with Gasteiger partial charge < -0.3 is 4.74 Å². The van der Waals surface area contributed by atoms with Gasteiger partial charge in [0, 0.05) is 11.9 Å². The third-order valence-corrected chi connectivity index (χ3v) is 1.16. The molecule has 0 heterocycles. The Morgan fingerprint density at radius 3 is 2.50 bits per heavy atom. The van der Waals surface area contributed by atoms with Crippen molar-refractivity contribution in [3.63, 3.8) is 0 Å². The van der Waals surface area contributed by atoms with Crippen molar-refractivity contribution in [2.45, 2.75) is 13.8 Å². The molecule has 0 N–H and O–H groups in total. The molecule has 12 heavy (non-hydrogen) atoms. The number of ether oxygens (including phenoxy) is 1. The number of hydrogen-bond donors (Lipinski definition) is 0. The molecule has 0 aliphatic heterocycles. The van der Waals surface area contributed by atoms with E-state index in [0.29, 0.717) is 11.3 Å². The second-order valence-electron chi connectivity index (χ2n) is 2.23. The smallest absolute Gasteiger partial charge is 0.339 e. The van der Waals surface area contributed by atoms with E-state index in [-0.39, 0.29) is 5.97 Å². The molecular formula is C9H13NO2. The van der Waals surface area contributed by atoms with Crippen LogP contribution < -0.4 is 0 Å². The summed E-state index contributed by atoms with van der Waals surface area (Å²) in [6, 6.07) is 0. The van der Waals surface area contributed by atoms with E-state index < -0.39 is 0 Å². The van der Waals surface area contributed by atoms with Crippen LogP contribution in [0.5, 0.6) is 0 Å². The topological polar surface area (TPSA) is 38.7 Å². The minimum absolute atomic E-state index is 0.387. The van der Waals surface area contributed by atoms with E-state index >= 15 is 0 Å². The van der Waals surface area contributed by atoms with E-state index in [1.54, 1.807) is 19.9 Å². The Bertz CT molecular complexity index is 239. The Morgan fingerprint density at radius 1 is 1.58 bits per heavy atom. The SMILES string of the molecule is C=C(C)N=C/C(=C\C)C(=O)OC. The van der Waals surface area contributed by atoms with Gasteiger partial charge in [0.1, 0.15) is 0 Å². The molecule has 0 rings (SSSR count). The number of rotatable bonds is 3. The summed E-state index contributed by atoms with van der Waals surface area (Å²) in [7, 11) is 1.33. The van der Waals surface area contributed by atoms with Crippen LogP contribution in [-0.4, -0.2) is 19.3 Å². The Morgan fingerprint density at radius 2 is 2.17 bits per heavy atom. The second kappa shape index (κ2) is 5.29. The minimum atomic E-state index is -0.387. The van der Waals surface area contributed by atoms with Gasteiger partial charge in [-0.2, -0.15) is 0 Å². The molecule has 0 fully saturated rings. The van der Waals surface area contributed by atoms with Crippen LogP contribution in [0.3, 0.4) is 0 Å². The molecule has 0 saturated heterocycles. The Hall–Kier alpha value is -1.38. The van der Waals surface area contributed by atoms with Crippen molar-refractivity contribution >= 4 is 12.2 Å². The summed E-state index contributed by atoms with van der Waals surface area (Å²) in [4.78, 5) is 14.8. The van der Waals surface area contributed by atoms with E-state index in [0.717, 1.165) is 0 Å². The molecule has 3 heteroatoms. The third kappa shape index (κ3) is 3.71. The van der Waals surface area contributed by atoms with Crippen molar-refractivity contribution in [3.8, 4) is 0 Å². The lowest BCUT2D eigenvalue weighted by Gasteiger charge is -1.96. The Balaban J connectivity index is 4.40. The van der Waals surface area contributed by atoms with E-state index in [2.05, 4.69) is 16.3 Å². The van der Waals surface area contributed by atoms with Crippen LogP contribution in [0.4, 0.5) is 0 Å². The van der Waals surface area contributed by atoms with Gasteiger partial charge in [0.2, 0.25) is 0 Å². The molecule has 0 aliphatic carbocycles. The molecule has 0 aliphatic rings. The molecule has 0 bridgehead atoms. The Kier molecular flexibility index (Phi) is 4.69. The largest absolute Gasteiger partial charge is 0.465 e. The number of allylic oxidation sites excluding steroid dienone is 2. The maximum Gasteiger partial charge on any atom is 0.339 e. The summed E-state index contributed by atoms with van der Waals surface area (Å²) in [6.45, 7) is 7.07. The van der Waals surface area contributed by atoms with Gasteiger partial charge in [0.15, 0.2) is 0 Å². The van der Waals surface area contributed by atoms with E-state index in [9.17, 15) is 4.79 Å². The maximum atomic E-state index is 10.9. The lowest BCUT2D eigenvalue weighted by Crippen LogP contribution is -2.05. The zero-order valence-electron chi connectivity index (χ0n) is 7.63. The summed E-state index contributed by atoms with van der Waals surface area (Å²) in [6.07, 6.45) is 3.08. The Labute approximate surface area is 72.4 Å². The quantitative estimate of drug-likeness (QED) is 0.364. The van der Waals surface area contributed by atoms with Gasteiger partial charge in [0.05, 0.1) is 12.7 Å². The minimum Gasteiger partial charge on any atom is -0.465 e. The average Bonchev–Trinajstić information content (AvgIpc) is 2.04. The first-order valence-corrected chi connectivity index (χ1v) is 3.56. The van der Waals surface area contributed by atoms with E-state index in [1.807, 2.05) is 0 Å². The van der Waals surface area contributed by atoms with Crippen LogP contribution in [0.25, 0.3) is 0 Å². The van der Waals surface area contributed by atoms with Gasteiger partial charge in [-0.05, 0) is 13.8 Å². The number of hydrogen-bond acceptors (Lipinski definition) is 3. The average molecular weight is 167 g/mol. The fraction of sp³-hybridized carbons (Fsp3) is 0.333. The summed E-state index contributed by atoms with van der Waals surface area (Å²) in [5, 5.41) is 0. The summed E-state index contributed by atoms with van der Waals surface area (Å²) in [5.74, 6) is -0.387. The molecule has 0 aromatic carbocycles. The van der Waals surface area contributed by atoms with Crippen LogP contribution in [0.1, 0.15) is 13.8 Å². The van der Waals surface area contributed by atoms with Crippen molar-refractivity contribution in [2.75, 3.05) is 7.11 Å². The van der Waals surface area contributed by atoms with Crippen molar-refractivity contribution in [1.82, 2.24) is 0 Å². The van der Waals surface area contributed by atoms with E-state index in [4.69, 9.17) is 0 Å². The number of aliphatic imine (C=N–C) groups is 1. The van der Waals surface area contributed by atoms with E-state index in [1.165, 1.54) is 13.3 Å². The van der Waals surface area contributed by atoms with Gasteiger partial charge in [-0.15, -0.1) is 0 Å². The number of carbonyl (C=O) groups excluding carboxylic acids is 1. The highest BCUT2D eigenvalue weighted by atomic mass is 16.5. The number of carbonyl (C=O) groups is 1. The van der Waals surface area contributed by atoms with Crippen LogP contribution in [0, 0.1) is 0 Å². The van der Waals surface area contributed by atoms with Crippen LogP contribution in [0.2, 0.25) is 0 Å². The second-order valence-corrected chi connectivity index (χ2v) is 2.23. The summed E-state index contributed by atoms with van der Waals surface area (Å²) < 4.78 is 4.51. The van der Waals surface area contributed by atoms with Gasteiger partial charge in [-0.3, -0.25) is 4.99 Å². The first kappa shape index (κ1) is 10.6. The van der Waals surface area contributed by atoms with Gasteiger partial charge in [-0.25, -0.2) is 4.79 Å². The van der Waals surface area contributed by atoms with Crippen LogP contribution in [-0.2, 0) is 9.53 Å². The number of nitrogens with zero attached hydrogens (tertiary/aromatic N) is 1. The number of methoxy groups -OCH3 is 1. The molecule has 0 aromatic heterocycles. The molecule has 0 unspecified atom stereocenters. The molecule has 0 atom stereocenters. The predicted molar refractivity (Wildman–Crippen MR) is 49.1 cm³/mol. The third-order valence-electron chi connectivity index (χ3n) is 1.16. The lowest BCUT2D eigenvalue weighted by atomic mass is 10.3. The van der Waals surface area contributed by atoms with Crippen molar-refractivity contribution in [1.29, 1.82) is 0 Å². The highest BCUT2D eigenvalue weighted by Gasteiger charge is 2.03. The van der Waals surface area contributed by atoms with Gasteiger partial charge >= 0.3 is 5.97 Å². The molecule has 0 amide bonds. The molecule has 0 saturated carbocycles. The van der Waals surface area contributed by atoms with Crippen molar-refractivity contribution in [3.05, 3.63) is 23.9 Å². The fourth-order valence-corrected chi connectivity index (χ4v) is 0.543. The number of esters is 1. The molecule has 3 nitrogen and oxygen atoms in total. The highest BCUT2D eigenvalue weighted by Crippen LogP contribution is 1.96. The molecular weight excluding hydrogens is 154 g/mol. The fourth-order valence-electron chi connectivity index (χ4n) is 0.543. The first-order chi connectivity index (χ1) is 5.61. The molecule has 0 aromatic rings.